The predicted octanol–water partition coefficient (Wildman–Crippen LogP) is 2.76. The molecule has 0 unspecified atom stereocenters. The van der Waals surface area contributed by atoms with Crippen LogP contribution in [0, 0.1) is 0 Å². The van der Waals surface area contributed by atoms with Crippen LogP contribution < -0.4 is 10.2 Å². The number of benzene rings is 1. The third-order valence-electron chi connectivity index (χ3n) is 4.20. The fourth-order valence-corrected chi connectivity index (χ4v) is 3.00. The summed E-state index contributed by atoms with van der Waals surface area (Å²) in [5, 5.41) is 3.23. The number of nitrogens with zero attached hydrogens (tertiary/aromatic N) is 2. The van der Waals surface area contributed by atoms with Crippen LogP contribution in [-0.2, 0) is 11.3 Å². The van der Waals surface area contributed by atoms with E-state index in [2.05, 4.69) is 22.0 Å². The van der Waals surface area contributed by atoms with E-state index in [1.165, 1.54) is 0 Å². The van der Waals surface area contributed by atoms with Gasteiger partial charge < -0.3 is 14.8 Å². The minimum atomic E-state index is 0.0659. The van der Waals surface area contributed by atoms with Crippen molar-refractivity contribution in [1.29, 1.82) is 0 Å². The van der Waals surface area contributed by atoms with Gasteiger partial charge in [0, 0.05) is 29.7 Å². The summed E-state index contributed by atoms with van der Waals surface area (Å²) in [5.41, 5.74) is 5.02. The largest absolute Gasteiger partial charge is 0.384 e. The molecule has 0 fully saturated rings. The molecule has 1 aromatic heterocycles. The van der Waals surface area contributed by atoms with Crippen LogP contribution in [0.15, 0.2) is 66.0 Å². The molecule has 0 radical (unpaired) electrons. The number of anilines is 1. The maximum Gasteiger partial charge on any atom is 0.256 e. The molecule has 1 aromatic carbocycles. The normalized spacial score (nSPS) is 16.1. The van der Waals surface area contributed by atoms with Crippen LogP contribution in [0.2, 0.25) is 0 Å². The van der Waals surface area contributed by atoms with E-state index in [4.69, 9.17) is 0 Å². The molecule has 0 spiro atoms. The molecule has 4 nitrogen and oxygen atoms in total. The summed E-state index contributed by atoms with van der Waals surface area (Å²) in [6.07, 6.45) is 5.92. The Bertz CT molecular complexity index is 813. The van der Waals surface area contributed by atoms with Gasteiger partial charge in [0.15, 0.2) is 0 Å². The Kier molecular flexibility index (Phi) is 2.89. The Morgan fingerprint density at radius 2 is 1.91 bits per heavy atom. The average Bonchev–Trinajstić information content (AvgIpc) is 3.03. The maximum atomic E-state index is 12.9. The van der Waals surface area contributed by atoms with Gasteiger partial charge in [0.1, 0.15) is 0 Å². The van der Waals surface area contributed by atoms with Crippen LogP contribution in [0.25, 0.3) is 5.69 Å². The summed E-state index contributed by atoms with van der Waals surface area (Å²) >= 11 is 0. The highest BCUT2D eigenvalue weighted by Gasteiger charge is 2.27. The molecule has 0 atom stereocenters. The molecule has 3 heterocycles. The van der Waals surface area contributed by atoms with Crippen molar-refractivity contribution in [3.05, 3.63) is 71.7 Å². The number of allylic oxidation sites excluding steroid dienone is 3. The van der Waals surface area contributed by atoms with E-state index in [1.54, 1.807) is 0 Å². The Morgan fingerprint density at radius 3 is 2.68 bits per heavy atom. The highest BCUT2D eigenvalue weighted by atomic mass is 16.2. The first-order chi connectivity index (χ1) is 10.7. The highest BCUT2D eigenvalue weighted by Crippen LogP contribution is 2.33. The van der Waals surface area contributed by atoms with E-state index < -0.39 is 0 Å². The number of nitrogens with one attached hydrogen (secondary N) is 1. The second-order valence-corrected chi connectivity index (χ2v) is 5.64. The number of para-hydroxylation sites is 2. The summed E-state index contributed by atoms with van der Waals surface area (Å²) in [6.45, 7) is 3.19. The lowest BCUT2D eigenvalue weighted by atomic mass is 10.1. The smallest absolute Gasteiger partial charge is 0.256 e. The van der Waals surface area contributed by atoms with Crippen LogP contribution in [0.5, 0.6) is 0 Å². The van der Waals surface area contributed by atoms with E-state index in [0.29, 0.717) is 13.1 Å². The SMILES string of the molecule is CC1=CC=C(C(=O)N2Cc3cccn3-c3ccccc32)CN1. The van der Waals surface area contributed by atoms with Gasteiger partial charge in [-0.3, -0.25) is 4.79 Å². The van der Waals surface area contributed by atoms with E-state index in [9.17, 15) is 4.79 Å². The maximum absolute atomic E-state index is 12.9. The monoisotopic (exact) mass is 291 g/mol. The van der Waals surface area contributed by atoms with Gasteiger partial charge in [0.2, 0.25) is 0 Å². The molecule has 1 amide bonds. The highest BCUT2D eigenvalue weighted by molar-refractivity contribution is 6.07. The van der Waals surface area contributed by atoms with Gasteiger partial charge in [-0.05, 0) is 37.3 Å². The van der Waals surface area contributed by atoms with Gasteiger partial charge in [-0.1, -0.05) is 18.2 Å². The van der Waals surface area contributed by atoms with Gasteiger partial charge in [0.05, 0.1) is 17.9 Å². The molecule has 4 heteroatoms. The van der Waals surface area contributed by atoms with Crippen LogP contribution in [-0.4, -0.2) is 17.0 Å². The first-order valence-electron chi connectivity index (χ1n) is 7.43. The minimum absolute atomic E-state index is 0.0659. The fraction of sp³-hybridized carbons (Fsp3) is 0.167. The Morgan fingerprint density at radius 1 is 1.09 bits per heavy atom. The van der Waals surface area contributed by atoms with Gasteiger partial charge in [0.25, 0.3) is 5.91 Å². The molecule has 0 saturated heterocycles. The van der Waals surface area contributed by atoms with E-state index >= 15 is 0 Å². The first-order valence-corrected chi connectivity index (χ1v) is 7.43. The molecule has 2 aliphatic rings. The molecule has 4 rings (SSSR count). The Balaban J connectivity index is 1.76. The topological polar surface area (TPSA) is 37.3 Å². The van der Waals surface area contributed by atoms with Crippen molar-refractivity contribution in [2.75, 3.05) is 11.4 Å². The number of dihydropyridines is 1. The Labute approximate surface area is 129 Å². The summed E-state index contributed by atoms with van der Waals surface area (Å²) in [6, 6.07) is 12.1. The summed E-state index contributed by atoms with van der Waals surface area (Å²) in [5.74, 6) is 0.0659. The summed E-state index contributed by atoms with van der Waals surface area (Å²) < 4.78 is 2.15. The van der Waals surface area contributed by atoms with Gasteiger partial charge in [-0.15, -0.1) is 0 Å². The molecule has 22 heavy (non-hydrogen) atoms. The van der Waals surface area contributed by atoms with Crippen molar-refractivity contribution in [3.8, 4) is 5.69 Å². The van der Waals surface area contributed by atoms with Crippen molar-refractivity contribution in [3.63, 3.8) is 0 Å². The molecular formula is C18H17N3O. The number of carbonyl (C=O) groups excluding carboxylic acids is 1. The second kappa shape index (κ2) is 4.91. The summed E-state index contributed by atoms with van der Waals surface area (Å²) in [7, 11) is 0. The molecular weight excluding hydrogens is 274 g/mol. The number of hydrogen-bond donors (Lipinski definition) is 1. The van der Waals surface area contributed by atoms with Crippen molar-refractivity contribution in [2.24, 2.45) is 0 Å². The fourth-order valence-electron chi connectivity index (χ4n) is 3.00. The van der Waals surface area contributed by atoms with Gasteiger partial charge >= 0.3 is 0 Å². The zero-order chi connectivity index (χ0) is 15.1. The number of amides is 1. The number of aromatic nitrogens is 1. The predicted molar refractivity (Wildman–Crippen MR) is 86.8 cm³/mol. The lowest BCUT2D eigenvalue weighted by Gasteiger charge is -2.32. The lowest BCUT2D eigenvalue weighted by molar-refractivity contribution is -0.115. The van der Waals surface area contributed by atoms with Crippen molar-refractivity contribution in [1.82, 2.24) is 9.88 Å². The molecule has 0 saturated carbocycles. The minimum Gasteiger partial charge on any atom is -0.384 e. The molecule has 2 aromatic rings. The quantitative estimate of drug-likeness (QED) is 0.877. The second-order valence-electron chi connectivity index (χ2n) is 5.64. The van der Waals surface area contributed by atoms with Crippen LogP contribution in [0.3, 0.4) is 0 Å². The zero-order valence-electron chi connectivity index (χ0n) is 12.4. The van der Waals surface area contributed by atoms with Crippen molar-refractivity contribution in [2.45, 2.75) is 13.5 Å². The van der Waals surface area contributed by atoms with Gasteiger partial charge in [-0.2, -0.15) is 0 Å². The molecule has 1 N–H and O–H groups in total. The van der Waals surface area contributed by atoms with Crippen molar-refractivity contribution >= 4 is 11.6 Å². The lowest BCUT2D eigenvalue weighted by Crippen LogP contribution is -2.38. The molecule has 0 bridgehead atoms. The first kappa shape index (κ1) is 13.0. The average molecular weight is 291 g/mol. The third-order valence-corrected chi connectivity index (χ3v) is 4.20. The third kappa shape index (κ3) is 1.96. The van der Waals surface area contributed by atoms with E-state index in [1.807, 2.05) is 54.4 Å². The number of fused-ring (bicyclic) bond motifs is 3. The van der Waals surface area contributed by atoms with Gasteiger partial charge in [-0.25, -0.2) is 0 Å². The standard InChI is InChI=1S/C18H17N3O/c1-13-8-9-14(11-19-13)18(22)21-12-15-5-4-10-20(15)16-6-2-3-7-17(16)21/h2-10,19H,11-12H2,1H3. The van der Waals surface area contributed by atoms with Crippen molar-refractivity contribution < 1.29 is 4.79 Å². The molecule has 110 valence electrons. The van der Waals surface area contributed by atoms with Crippen LogP contribution in [0.1, 0.15) is 12.6 Å². The number of carbonyl (C=O) groups is 1. The van der Waals surface area contributed by atoms with Crippen LogP contribution in [0.4, 0.5) is 5.69 Å². The number of hydrogen-bond acceptors (Lipinski definition) is 2. The number of rotatable bonds is 1. The Hall–Kier alpha value is -2.75. The van der Waals surface area contributed by atoms with Crippen LogP contribution >= 0.6 is 0 Å². The van der Waals surface area contributed by atoms with E-state index in [0.717, 1.165) is 28.3 Å². The zero-order valence-corrected chi connectivity index (χ0v) is 12.4. The molecule has 2 aliphatic heterocycles. The summed E-state index contributed by atoms with van der Waals surface area (Å²) in [4.78, 5) is 14.8. The molecule has 0 aliphatic carbocycles. The van der Waals surface area contributed by atoms with E-state index in [-0.39, 0.29) is 5.91 Å².